The molecular weight excluding hydrogens is 911 g/mol. The van der Waals surface area contributed by atoms with E-state index >= 15 is 0 Å². The van der Waals surface area contributed by atoms with Gasteiger partial charge in [0.1, 0.15) is 0 Å². The predicted molar refractivity (Wildman–Crippen MR) is 305 cm³/mol. The topological polar surface area (TPSA) is 29.9 Å². The Morgan fingerprint density at radius 2 is 1.11 bits per heavy atom. The molecular formula is C67H47N3O2S. The lowest BCUT2D eigenvalue weighted by molar-refractivity contribution is 0.360. The second-order valence-electron chi connectivity index (χ2n) is 18.8. The molecule has 2 aliphatic rings. The number of nitrogens with zero attached hydrogens (tertiary/aromatic N) is 3. The summed E-state index contributed by atoms with van der Waals surface area (Å²) in [4.78, 5) is 4.76. The second kappa shape index (κ2) is 17.9. The van der Waals surface area contributed by atoms with E-state index in [1.54, 1.807) is 0 Å². The van der Waals surface area contributed by atoms with E-state index in [9.17, 15) is 0 Å². The molecule has 0 N–H and O–H groups in total. The average molecular weight is 958 g/mol. The summed E-state index contributed by atoms with van der Waals surface area (Å²) < 4.78 is 17.8. The van der Waals surface area contributed by atoms with Gasteiger partial charge in [-0.05, 0) is 137 Å². The first kappa shape index (κ1) is 42.8. The Morgan fingerprint density at radius 3 is 1.90 bits per heavy atom. The molecule has 0 saturated carbocycles. The van der Waals surface area contributed by atoms with Crippen LogP contribution in [0.15, 0.2) is 255 Å². The van der Waals surface area contributed by atoms with Gasteiger partial charge in [-0.25, -0.2) is 0 Å². The lowest BCUT2D eigenvalue weighted by atomic mass is 9.95. The monoisotopic (exact) mass is 957 g/mol. The lowest BCUT2D eigenvalue weighted by Crippen LogP contribution is -2.16. The van der Waals surface area contributed by atoms with Crippen LogP contribution in [0.3, 0.4) is 0 Å². The molecule has 0 spiro atoms. The van der Waals surface area contributed by atoms with Crippen LogP contribution < -0.4 is 19.3 Å². The Labute approximate surface area is 428 Å². The van der Waals surface area contributed by atoms with Gasteiger partial charge < -0.3 is 23.8 Å². The number of rotatable bonds is 10. The van der Waals surface area contributed by atoms with Gasteiger partial charge in [-0.1, -0.05) is 146 Å². The molecule has 73 heavy (non-hydrogen) atoms. The highest BCUT2D eigenvalue weighted by Gasteiger charge is 2.25. The van der Waals surface area contributed by atoms with E-state index in [1.807, 2.05) is 41.7 Å². The van der Waals surface area contributed by atoms with Crippen LogP contribution in [0.1, 0.15) is 18.0 Å². The molecule has 1 aliphatic carbocycles. The standard InChI is InChI=1S/C67H47N3O2S/c1-5-18-45(19-6-1)44-68(49-21-7-2-8-22-49)52-27-17-20-48(38-52)56-41-54(69(50-23-9-3-10-24-50)53-34-36-63-64(42-53)72-62-31-16-15-30-61(62)71-63)43-66-67(56)58-40-47(33-37-65(58)73-66)46-32-35-60-57(39-46)55-28-13-14-29-59(55)70(60)51-25-11-4-12-26-51/h1-25,27-43,51H,26,44H2. The smallest absolute Gasteiger partial charge is 0.172 e. The van der Waals surface area contributed by atoms with Crippen LogP contribution in [-0.4, -0.2) is 4.57 Å². The number of benzene rings is 10. The normalized spacial score (nSPS) is 13.7. The van der Waals surface area contributed by atoms with Gasteiger partial charge in [0.15, 0.2) is 23.0 Å². The Balaban J connectivity index is 0.961. The van der Waals surface area contributed by atoms with E-state index in [0.717, 1.165) is 52.5 Å². The van der Waals surface area contributed by atoms with Gasteiger partial charge in [-0.15, -0.1) is 11.3 Å². The number of fused-ring (bicyclic) bond motifs is 8. The van der Waals surface area contributed by atoms with Crippen LogP contribution in [0, 0.1) is 0 Å². The van der Waals surface area contributed by atoms with Crippen LogP contribution in [0.25, 0.3) is 64.2 Å². The number of aromatic nitrogens is 1. The summed E-state index contributed by atoms with van der Waals surface area (Å²) in [5.41, 5.74) is 13.7. The largest absolute Gasteiger partial charge is 0.450 e. The highest BCUT2D eigenvalue weighted by molar-refractivity contribution is 7.26. The Morgan fingerprint density at radius 1 is 0.438 bits per heavy atom. The molecule has 3 heterocycles. The van der Waals surface area contributed by atoms with Crippen LogP contribution in [0.2, 0.25) is 0 Å². The van der Waals surface area contributed by atoms with Crippen molar-refractivity contribution in [3.8, 4) is 45.3 Å². The van der Waals surface area contributed by atoms with Crippen molar-refractivity contribution >= 4 is 81.8 Å². The third kappa shape index (κ3) is 7.71. The third-order valence-corrected chi connectivity index (χ3v) is 15.5. The Kier molecular flexibility index (Phi) is 10.5. The fourth-order valence-electron chi connectivity index (χ4n) is 11.0. The number of hydrogen-bond donors (Lipinski definition) is 0. The van der Waals surface area contributed by atoms with Crippen LogP contribution in [0.5, 0.6) is 23.0 Å². The molecule has 348 valence electrons. The van der Waals surface area contributed by atoms with Gasteiger partial charge in [-0.3, -0.25) is 0 Å². The first-order valence-electron chi connectivity index (χ1n) is 24.9. The van der Waals surface area contributed by atoms with Crippen LogP contribution >= 0.6 is 11.3 Å². The van der Waals surface area contributed by atoms with Crippen LogP contribution in [0.4, 0.5) is 28.4 Å². The molecule has 1 aliphatic heterocycles. The van der Waals surface area contributed by atoms with Crippen LogP contribution in [-0.2, 0) is 6.54 Å². The molecule has 0 saturated heterocycles. The summed E-state index contributed by atoms with van der Waals surface area (Å²) in [6.45, 7) is 0.724. The fourth-order valence-corrected chi connectivity index (χ4v) is 12.1. The maximum absolute atomic E-state index is 6.52. The summed E-state index contributed by atoms with van der Waals surface area (Å²) in [6, 6.07) is 83.2. The molecule has 6 heteroatoms. The number of ether oxygens (including phenoxy) is 2. The molecule has 14 rings (SSSR count). The van der Waals surface area contributed by atoms with Crippen molar-refractivity contribution < 1.29 is 9.47 Å². The third-order valence-electron chi connectivity index (χ3n) is 14.4. The van der Waals surface area contributed by atoms with Crippen molar-refractivity contribution in [3.63, 3.8) is 0 Å². The van der Waals surface area contributed by atoms with Crippen molar-refractivity contribution in [2.24, 2.45) is 0 Å². The fraction of sp³-hybridized carbons (Fsp3) is 0.0448. The van der Waals surface area contributed by atoms with E-state index < -0.39 is 0 Å². The number of anilines is 5. The van der Waals surface area contributed by atoms with Crippen molar-refractivity contribution in [1.29, 1.82) is 0 Å². The van der Waals surface area contributed by atoms with Crippen molar-refractivity contribution in [2.75, 3.05) is 9.80 Å². The van der Waals surface area contributed by atoms with Gasteiger partial charge in [0.05, 0.1) is 11.7 Å². The lowest BCUT2D eigenvalue weighted by Gasteiger charge is -2.28. The van der Waals surface area contributed by atoms with Crippen molar-refractivity contribution in [3.05, 3.63) is 260 Å². The van der Waals surface area contributed by atoms with E-state index in [0.29, 0.717) is 23.0 Å². The predicted octanol–water partition coefficient (Wildman–Crippen LogP) is 19.3. The molecule has 1 atom stereocenters. The van der Waals surface area contributed by atoms with E-state index in [1.165, 1.54) is 58.7 Å². The average Bonchev–Trinajstić information content (AvgIpc) is 4.00. The number of thiophene rings is 1. The first-order chi connectivity index (χ1) is 36.2. The molecule has 10 aromatic carbocycles. The Hall–Kier alpha value is -9.10. The minimum atomic E-state index is 0.275. The zero-order valence-corrected chi connectivity index (χ0v) is 40.6. The summed E-state index contributed by atoms with van der Waals surface area (Å²) in [6.07, 6.45) is 9.91. The zero-order valence-electron chi connectivity index (χ0n) is 39.8. The minimum Gasteiger partial charge on any atom is -0.450 e. The molecule has 0 amide bonds. The second-order valence-corrected chi connectivity index (χ2v) is 19.9. The highest BCUT2D eigenvalue weighted by Crippen LogP contribution is 2.51. The van der Waals surface area contributed by atoms with Crippen molar-refractivity contribution in [1.82, 2.24) is 4.57 Å². The van der Waals surface area contributed by atoms with Gasteiger partial charge in [0, 0.05) is 77.3 Å². The summed E-state index contributed by atoms with van der Waals surface area (Å²) in [5, 5.41) is 5.02. The van der Waals surface area contributed by atoms with Crippen molar-refractivity contribution in [2.45, 2.75) is 19.0 Å². The van der Waals surface area contributed by atoms with Gasteiger partial charge >= 0.3 is 0 Å². The molecule has 12 aromatic rings. The maximum Gasteiger partial charge on any atom is 0.172 e. The molecule has 0 bridgehead atoms. The summed E-state index contributed by atoms with van der Waals surface area (Å²) in [5.74, 6) is 2.77. The first-order valence-corrected chi connectivity index (χ1v) is 25.8. The SMILES string of the molecule is C1=CCC(n2c3ccccc3c3cc(-c4ccc5sc6cc(N(c7ccccc7)c7ccc8c(c7)Oc7ccccc7O8)cc(-c7cccc(N(Cc8ccccc8)c8ccccc8)c7)c6c5c4)ccc32)C=C1. The highest BCUT2D eigenvalue weighted by atomic mass is 32.1. The number of hydrogen-bond acceptors (Lipinski definition) is 5. The maximum atomic E-state index is 6.52. The van der Waals surface area contributed by atoms with E-state index in [4.69, 9.17) is 9.47 Å². The van der Waals surface area contributed by atoms with Gasteiger partial charge in [0.2, 0.25) is 0 Å². The van der Waals surface area contributed by atoms with Gasteiger partial charge in [0.25, 0.3) is 0 Å². The van der Waals surface area contributed by atoms with E-state index in [2.05, 4.69) is 239 Å². The molecule has 2 aromatic heterocycles. The molecule has 0 radical (unpaired) electrons. The summed E-state index contributed by atoms with van der Waals surface area (Å²) >= 11 is 1.85. The number of allylic oxidation sites excluding steroid dienone is 4. The van der Waals surface area contributed by atoms with E-state index in [-0.39, 0.29) is 6.04 Å². The Bertz CT molecular complexity index is 4120. The molecule has 0 fully saturated rings. The van der Waals surface area contributed by atoms with Gasteiger partial charge in [-0.2, -0.15) is 0 Å². The quantitative estimate of drug-likeness (QED) is 0.137. The molecule has 5 nitrogen and oxygen atoms in total. The summed E-state index contributed by atoms with van der Waals surface area (Å²) in [7, 11) is 0. The molecule has 1 unspecified atom stereocenters. The zero-order chi connectivity index (χ0) is 48.2. The number of para-hydroxylation sites is 5. The minimum absolute atomic E-state index is 0.275.